The van der Waals surface area contributed by atoms with E-state index < -0.39 is 0 Å². The summed E-state index contributed by atoms with van der Waals surface area (Å²) < 4.78 is 0. The maximum atomic E-state index is 6.12. The lowest BCUT2D eigenvalue weighted by molar-refractivity contribution is 0.260. The number of halogens is 1. The van der Waals surface area contributed by atoms with Gasteiger partial charge in [0.1, 0.15) is 12.0 Å². The summed E-state index contributed by atoms with van der Waals surface area (Å²) in [6.45, 7) is 4.59. The maximum absolute atomic E-state index is 6.12. The van der Waals surface area contributed by atoms with Crippen molar-refractivity contribution in [1.82, 2.24) is 14.9 Å². The summed E-state index contributed by atoms with van der Waals surface area (Å²) in [5, 5.41) is 3.61. The first kappa shape index (κ1) is 12.9. The van der Waals surface area contributed by atoms with Crippen molar-refractivity contribution < 1.29 is 0 Å². The Morgan fingerprint density at radius 1 is 1.26 bits per heavy atom. The molecule has 3 rings (SSSR count). The molecule has 1 atom stereocenters. The van der Waals surface area contributed by atoms with E-state index >= 15 is 0 Å². The normalized spacial score (nSPS) is 24.1. The van der Waals surface area contributed by atoms with Crippen LogP contribution in [0.1, 0.15) is 19.3 Å². The number of nitrogens with one attached hydrogen (secondary N) is 1. The van der Waals surface area contributed by atoms with Crippen molar-refractivity contribution in [3.8, 4) is 0 Å². The zero-order chi connectivity index (χ0) is 13.2. The predicted molar refractivity (Wildman–Crippen MR) is 78.0 cm³/mol. The molecule has 0 bridgehead atoms. The SMILES string of the molecule is CNc1c(Cl)ncnc1N1CCC(N2CCCC2)C1. The molecule has 0 radical (unpaired) electrons. The number of anilines is 2. The molecule has 6 heteroatoms. The van der Waals surface area contributed by atoms with E-state index in [-0.39, 0.29) is 0 Å². The second-order valence-electron chi connectivity index (χ2n) is 5.24. The van der Waals surface area contributed by atoms with Crippen LogP contribution in [0.3, 0.4) is 0 Å². The highest BCUT2D eigenvalue weighted by Crippen LogP contribution is 2.32. The number of likely N-dealkylation sites (tertiary alicyclic amines) is 1. The number of aromatic nitrogens is 2. The Morgan fingerprint density at radius 2 is 2.05 bits per heavy atom. The van der Waals surface area contributed by atoms with E-state index in [1.165, 1.54) is 32.4 Å². The number of rotatable bonds is 3. The fraction of sp³-hybridized carbons (Fsp3) is 0.692. The second kappa shape index (κ2) is 5.51. The first-order chi connectivity index (χ1) is 9.29. The average molecular weight is 282 g/mol. The van der Waals surface area contributed by atoms with E-state index in [1.807, 2.05) is 7.05 Å². The van der Waals surface area contributed by atoms with Crippen molar-refractivity contribution in [3.05, 3.63) is 11.5 Å². The van der Waals surface area contributed by atoms with Crippen LogP contribution in [0, 0.1) is 0 Å². The van der Waals surface area contributed by atoms with Gasteiger partial charge in [-0.2, -0.15) is 0 Å². The van der Waals surface area contributed by atoms with Crippen LogP contribution in [0.5, 0.6) is 0 Å². The first-order valence-corrected chi connectivity index (χ1v) is 7.34. The van der Waals surface area contributed by atoms with Crippen LogP contribution in [0.15, 0.2) is 6.33 Å². The van der Waals surface area contributed by atoms with Crippen LogP contribution in [0.25, 0.3) is 0 Å². The average Bonchev–Trinajstić information content (AvgIpc) is 3.09. The Bertz CT molecular complexity index is 447. The van der Waals surface area contributed by atoms with E-state index in [0.717, 1.165) is 24.6 Å². The third-order valence-corrected chi connectivity index (χ3v) is 4.44. The fourth-order valence-electron chi connectivity index (χ4n) is 3.15. The molecule has 2 aliphatic heterocycles. The summed E-state index contributed by atoms with van der Waals surface area (Å²) in [5.41, 5.74) is 0.839. The van der Waals surface area contributed by atoms with Gasteiger partial charge in [0.05, 0.1) is 0 Å². The van der Waals surface area contributed by atoms with Crippen LogP contribution in [0.2, 0.25) is 5.15 Å². The third kappa shape index (κ3) is 2.49. The van der Waals surface area contributed by atoms with E-state index in [0.29, 0.717) is 11.2 Å². The van der Waals surface area contributed by atoms with E-state index in [4.69, 9.17) is 11.6 Å². The molecule has 3 heterocycles. The van der Waals surface area contributed by atoms with Gasteiger partial charge in [0.15, 0.2) is 11.0 Å². The van der Waals surface area contributed by atoms with E-state index in [1.54, 1.807) is 6.33 Å². The lowest BCUT2D eigenvalue weighted by atomic mass is 10.2. The Hall–Kier alpha value is -1.07. The van der Waals surface area contributed by atoms with Gasteiger partial charge in [-0.05, 0) is 32.4 Å². The summed E-state index contributed by atoms with van der Waals surface area (Å²) in [7, 11) is 1.86. The van der Waals surface area contributed by atoms with Gasteiger partial charge in [0.2, 0.25) is 0 Å². The Morgan fingerprint density at radius 3 is 2.79 bits per heavy atom. The van der Waals surface area contributed by atoms with Crippen molar-refractivity contribution >= 4 is 23.1 Å². The zero-order valence-corrected chi connectivity index (χ0v) is 12.0. The van der Waals surface area contributed by atoms with Crippen molar-refractivity contribution in [3.63, 3.8) is 0 Å². The Labute approximate surface area is 119 Å². The van der Waals surface area contributed by atoms with Crippen LogP contribution in [0.4, 0.5) is 11.5 Å². The topological polar surface area (TPSA) is 44.3 Å². The van der Waals surface area contributed by atoms with Crippen molar-refractivity contribution in [2.24, 2.45) is 0 Å². The minimum absolute atomic E-state index is 0.497. The lowest BCUT2D eigenvalue weighted by Gasteiger charge is -2.25. The van der Waals surface area contributed by atoms with Crippen molar-refractivity contribution in [2.45, 2.75) is 25.3 Å². The zero-order valence-electron chi connectivity index (χ0n) is 11.3. The summed E-state index contributed by atoms with van der Waals surface area (Å²) in [6, 6.07) is 0.668. The Balaban J connectivity index is 1.75. The molecule has 2 aliphatic rings. The van der Waals surface area contributed by atoms with Crippen molar-refractivity contribution in [2.75, 3.05) is 43.4 Å². The molecular weight excluding hydrogens is 262 g/mol. The highest BCUT2D eigenvalue weighted by molar-refractivity contribution is 6.32. The van der Waals surface area contributed by atoms with Crippen LogP contribution in [-0.2, 0) is 0 Å². The molecule has 2 saturated heterocycles. The lowest BCUT2D eigenvalue weighted by Crippen LogP contribution is -2.35. The molecule has 1 aromatic heterocycles. The standard InChI is InChI=1S/C13H20ClN5/c1-15-11-12(14)16-9-17-13(11)19-7-4-10(8-19)18-5-2-3-6-18/h9-10,15H,2-8H2,1H3. The molecule has 19 heavy (non-hydrogen) atoms. The largest absolute Gasteiger partial charge is 0.383 e. The fourth-order valence-corrected chi connectivity index (χ4v) is 3.37. The van der Waals surface area contributed by atoms with Crippen LogP contribution in [-0.4, -0.2) is 54.1 Å². The third-order valence-electron chi connectivity index (χ3n) is 4.15. The molecule has 0 aliphatic carbocycles. The number of hydrogen-bond donors (Lipinski definition) is 1. The molecule has 1 unspecified atom stereocenters. The maximum Gasteiger partial charge on any atom is 0.157 e. The molecule has 5 nitrogen and oxygen atoms in total. The van der Waals surface area contributed by atoms with Gasteiger partial charge in [0.25, 0.3) is 0 Å². The molecule has 0 saturated carbocycles. The van der Waals surface area contributed by atoms with Gasteiger partial charge in [-0.15, -0.1) is 0 Å². The Kier molecular flexibility index (Phi) is 3.75. The first-order valence-electron chi connectivity index (χ1n) is 6.97. The molecule has 1 aromatic rings. The van der Waals surface area contributed by atoms with Gasteiger partial charge in [0, 0.05) is 26.2 Å². The minimum Gasteiger partial charge on any atom is -0.383 e. The second-order valence-corrected chi connectivity index (χ2v) is 5.60. The molecule has 1 N–H and O–H groups in total. The smallest absolute Gasteiger partial charge is 0.157 e. The van der Waals surface area contributed by atoms with Gasteiger partial charge in [-0.25, -0.2) is 9.97 Å². The number of hydrogen-bond acceptors (Lipinski definition) is 5. The van der Waals surface area contributed by atoms with E-state index in [9.17, 15) is 0 Å². The molecular formula is C13H20ClN5. The highest BCUT2D eigenvalue weighted by atomic mass is 35.5. The van der Waals surface area contributed by atoms with Crippen molar-refractivity contribution in [1.29, 1.82) is 0 Å². The van der Waals surface area contributed by atoms with Gasteiger partial charge >= 0.3 is 0 Å². The van der Waals surface area contributed by atoms with Crippen LogP contribution >= 0.6 is 11.6 Å². The summed E-state index contributed by atoms with van der Waals surface area (Å²) in [5.74, 6) is 0.934. The predicted octanol–water partition coefficient (Wildman–Crippen LogP) is 1.85. The van der Waals surface area contributed by atoms with Crippen LogP contribution < -0.4 is 10.2 Å². The molecule has 0 amide bonds. The van der Waals surface area contributed by atoms with Gasteiger partial charge < -0.3 is 10.2 Å². The monoisotopic (exact) mass is 281 g/mol. The quantitative estimate of drug-likeness (QED) is 0.857. The molecule has 2 fully saturated rings. The summed E-state index contributed by atoms with van der Waals surface area (Å²) in [6.07, 6.45) is 5.45. The van der Waals surface area contributed by atoms with E-state index in [2.05, 4.69) is 25.1 Å². The minimum atomic E-state index is 0.497. The van der Waals surface area contributed by atoms with Gasteiger partial charge in [-0.1, -0.05) is 11.6 Å². The highest BCUT2D eigenvalue weighted by Gasteiger charge is 2.31. The van der Waals surface area contributed by atoms with Gasteiger partial charge in [-0.3, -0.25) is 4.90 Å². The summed E-state index contributed by atoms with van der Waals surface area (Å²) >= 11 is 6.12. The molecule has 0 spiro atoms. The molecule has 0 aromatic carbocycles. The number of nitrogens with zero attached hydrogens (tertiary/aromatic N) is 4. The molecule has 104 valence electrons. The summed E-state index contributed by atoms with van der Waals surface area (Å²) in [4.78, 5) is 13.4.